The van der Waals surface area contributed by atoms with Crippen molar-refractivity contribution in [2.75, 3.05) is 19.7 Å². The van der Waals surface area contributed by atoms with Crippen molar-refractivity contribution < 1.29 is 32.6 Å². The number of likely N-dealkylation sites (tertiary alicyclic amines) is 1. The van der Waals surface area contributed by atoms with Gasteiger partial charge >= 0.3 is 12.1 Å². The lowest BCUT2D eigenvalue weighted by Gasteiger charge is -2.44. The van der Waals surface area contributed by atoms with Crippen molar-refractivity contribution in [3.05, 3.63) is 22.4 Å². The van der Waals surface area contributed by atoms with Crippen molar-refractivity contribution in [2.45, 2.75) is 50.6 Å². The standard InChI is InChI=1S/C17H24N2O2S.C2HF3O2/c20-17(18-13-1-2-13)14-4-7-21-16-3-6-19(10-15(14)16)9-12-5-8-22-11-12;3-2(4,5)1(6)7/h5,8,11,13-16H,1-4,6-7,9-10H2,(H,18,20);(H,6,7)/t14-,15+,16-;/m1./s1. The summed E-state index contributed by atoms with van der Waals surface area (Å²) in [7, 11) is 0. The van der Waals surface area contributed by atoms with Gasteiger partial charge in [-0.05, 0) is 48.1 Å². The number of thiophene rings is 1. The third-order valence-corrected chi connectivity index (χ3v) is 6.18. The van der Waals surface area contributed by atoms with Gasteiger partial charge in [0.1, 0.15) is 0 Å². The van der Waals surface area contributed by atoms with Crippen LogP contribution in [-0.2, 0) is 20.9 Å². The molecule has 1 aromatic heterocycles. The topological polar surface area (TPSA) is 78.9 Å². The average Bonchev–Trinajstić information content (AvgIpc) is 3.33. The number of carbonyl (C=O) groups is 2. The van der Waals surface area contributed by atoms with Gasteiger partial charge in [-0.1, -0.05) is 0 Å². The van der Waals surface area contributed by atoms with Gasteiger partial charge in [-0.15, -0.1) is 0 Å². The predicted molar refractivity (Wildman–Crippen MR) is 100 cm³/mol. The van der Waals surface area contributed by atoms with Gasteiger partial charge in [0, 0.05) is 44.1 Å². The van der Waals surface area contributed by atoms with E-state index in [1.54, 1.807) is 11.3 Å². The van der Waals surface area contributed by atoms with Crippen LogP contribution in [0.5, 0.6) is 0 Å². The van der Waals surface area contributed by atoms with E-state index in [9.17, 15) is 18.0 Å². The molecule has 162 valence electrons. The number of hydrogen-bond acceptors (Lipinski definition) is 5. The zero-order chi connectivity index (χ0) is 21.0. The smallest absolute Gasteiger partial charge is 0.475 e. The van der Waals surface area contributed by atoms with Crippen LogP contribution < -0.4 is 5.32 Å². The molecule has 3 atom stereocenters. The van der Waals surface area contributed by atoms with Crippen molar-refractivity contribution in [3.63, 3.8) is 0 Å². The molecule has 0 spiro atoms. The normalized spacial score (nSPS) is 27.3. The van der Waals surface area contributed by atoms with Crippen LogP contribution in [0, 0.1) is 11.8 Å². The lowest BCUT2D eigenvalue weighted by atomic mass is 9.79. The molecular weight excluding hydrogens is 409 g/mol. The SMILES string of the molecule is O=C(NC1CC1)[C@@H]1CCO[C@@H]2CCN(Cc3ccsc3)C[C@H]21.O=C(O)C(F)(F)F. The number of nitrogens with zero attached hydrogens (tertiary/aromatic N) is 1. The minimum Gasteiger partial charge on any atom is -0.475 e. The molecule has 3 heterocycles. The summed E-state index contributed by atoms with van der Waals surface area (Å²) in [5, 5.41) is 14.7. The summed E-state index contributed by atoms with van der Waals surface area (Å²) in [5.41, 5.74) is 1.39. The lowest BCUT2D eigenvalue weighted by Crippen LogP contribution is -2.53. The molecule has 2 saturated heterocycles. The van der Waals surface area contributed by atoms with E-state index in [2.05, 4.69) is 27.0 Å². The van der Waals surface area contributed by atoms with Gasteiger partial charge in [0.2, 0.25) is 5.91 Å². The number of rotatable bonds is 4. The maximum atomic E-state index is 12.5. The molecule has 1 amide bonds. The van der Waals surface area contributed by atoms with Crippen molar-refractivity contribution in [1.82, 2.24) is 10.2 Å². The quantitative estimate of drug-likeness (QED) is 0.762. The molecule has 10 heteroatoms. The molecule has 29 heavy (non-hydrogen) atoms. The van der Waals surface area contributed by atoms with Gasteiger partial charge in [-0.3, -0.25) is 9.69 Å². The predicted octanol–water partition coefficient (Wildman–Crippen LogP) is 2.89. The minimum absolute atomic E-state index is 0.143. The number of amides is 1. The number of nitrogens with one attached hydrogen (secondary N) is 1. The molecule has 3 fully saturated rings. The fourth-order valence-electron chi connectivity index (χ4n) is 3.83. The van der Waals surface area contributed by atoms with Gasteiger partial charge in [0.05, 0.1) is 6.10 Å². The highest BCUT2D eigenvalue weighted by Crippen LogP contribution is 2.34. The molecule has 0 radical (unpaired) electrons. The molecule has 3 aliphatic rings. The largest absolute Gasteiger partial charge is 0.490 e. The number of carbonyl (C=O) groups excluding carboxylic acids is 1. The van der Waals surface area contributed by atoms with E-state index in [0.717, 1.165) is 51.9 Å². The van der Waals surface area contributed by atoms with E-state index in [1.165, 1.54) is 5.56 Å². The monoisotopic (exact) mass is 434 g/mol. The van der Waals surface area contributed by atoms with Crippen LogP contribution >= 0.6 is 11.3 Å². The van der Waals surface area contributed by atoms with Gasteiger partial charge < -0.3 is 15.2 Å². The molecule has 4 rings (SSSR count). The number of piperidine rings is 1. The van der Waals surface area contributed by atoms with E-state index in [4.69, 9.17) is 14.6 Å². The first-order valence-corrected chi connectivity index (χ1v) is 10.6. The maximum absolute atomic E-state index is 12.5. The highest BCUT2D eigenvalue weighted by atomic mass is 32.1. The van der Waals surface area contributed by atoms with Crippen LogP contribution in [0.25, 0.3) is 0 Å². The summed E-state index contributed by atoms with van der Waals surface area (Å²) < 4.78 is 37.7. The molecule has 1 aromatic rings. The number of carboxylic acid groups (broad SMARTS) is 1. The second kappa shape index (κ2) is 9.44. The lowest BCUT2D eigenvalue weighted by molar-refractivity contribution is -0.192. The van der Waals surface area contributed by atoms with Crippen LogP contribution in [0.1, 0.15) is 31.2 Å². The second-order valence-electron chi connectivity index (χ2n) is 7.71. The third-order valence-electron chi connectivity index (χ3n) is 5.44. The Balaban J connectivity index is 0.000000298. The molecule has 0 bridgehead atoms. The molecule has 2 N–H and O–H groups in total. The third kappa shape index (κ3) is 6.42. The molecule has 6 nitrogen and oxygen atoms in total. The highest BCUT2D eigenvalue weighted by molar-refractivity contribution is 7.07. The average molecular weight is 434 g/mol. The van der Waals surface area contributed by atoms with Gasteiger partial charge in [-0.2, -0.15) is 24.5 Å². The van der Waals surface area contributed by atoms with Crippen molar-refractivity contribution in [2.24, 2.45) is 11.8 Å². The molecule has 2 aliphatic heterocycles. The number of carboxylic acids is 1. The first-order chi connectivity index (χ1) is 13.7. The molecular formula is C19H25F3N2O4S. The molecule has 1 aliphatic carbocycles. The van der Waals surface area contributed by atoms with Crippen LogP contribution in [0.4, 0.5) is 13.2 Å². The molecule has 0 aromatic carbocycles. The highest BCUT2D eigenvalue weighted by Gasteiger charge is 2.42. The Labute approximate surface area is 171 Å². The summed E-state index contributed by atoms with van der Waals surface area (Å²) >= 11 is 1.75. The number of aliphatic carboxylic acids is 1. The number of halogens is 3. The summed E-state index contributed by atoms with van der Waals surface area (Å²) in [6.07, 6.45) is -0.545. The Morgan fingerprint density at radius 1 is 1.28 bits per heavy atom. The van der Waals surface area contributed by atoms with E-state index >= 15 is 0 Å². The first kappa shape index (κ1) is 22.0. The maximum Gasteiger partial charge on any atom is 0.490 e. The summed E-state index contributed by atoms with van der Waals surface area (Å²) in [4.78, 5) is 23.9. The van der Waals surface area contributed by atoms with E-state index in [-0.39, 0.29) is 17.9 Å². The van der Waals surface area contributed by atoms with Crippen molar-refractivity contribution >= 4 is 23.2 Å². The van der Waals surface area contributed by atoms with E-state index < -0.39 is 12.1 Å². The fraction of sp³-hybridized carbons (Fsp3) is 0.684. The van der Waals surface area contributed by atoms with E-state index in [0.29, 0.717) is 12.0 Å². The zero-order valence-corrected chi connectivity index (χ0v) is 16.7. The number of hydrogen-bond donors (Lipinski definition) is 2. The van der Waals surface area contributed by atoms with Crippen molar-refractivity contribution in [1.29, 1.82) is 0 Å². The zero-order valence-electron chi connectivity index (χ0n) is 15.9. The summed E-state index contributed by atoms with van der Waals surface area (Å²) in [6, 6.07) is 2.66. The van der Waals surface area contributed by atoms with Crippen LogP contribution in [0.15, 0.2) is 16.8 Å². The van der Waals surface area contributed by atoms with Crippen LogP contribution in [0.3, 0.4) is 0 Å². The van der Waals surface area contributed by atoms with E-state index in [1.807, 2.05) is 0 Å². The Bertz CT molecular complexity index is 694. The van der Waals surface area contributed by atoms with Crippen molar-refractivity contribution in [3.8, 4) is 0 Å². The Morgan fingerprint density at radius 3 is 2.59 bits per heavy atom. The van der Waals surface area contributed by atoms with Crippen LogP contribution in [0.2, 0.25) is 0 Å². The Morgan fingerprint density at radius 2 is 2.00 bits per heavy atom. The second-order valence-corrected chi connectivity index (χ2v) is 8.49. The molecule has 1 saturated carbocycles. The van der Waals surface area contributed by atoms with Gasteiger partial charge in [0.15, 0.2) is 0 Å². The van der Waals surface area contributed by atoms with Crippen LogP contribution in [-0.4, -0.2) is 59.9 Å². The Hall–Kier alpha value is -1.65. The van der Waals surface area contributed by atoms with Gasteiger partial charge in [-0.25, -0.2) is 4.79 Å². The minimum atomic E-state index is -5.08. The summed E-state index contributed by atoms with van der Waals surface area (Å²) in [6.45, 7) is 3.81. The Kier molecular flexibility index (Phi) is 7.18. The number of ether oxygens (including phenoxy) is 1. The number of alkyl halides is 3. The summed E-state index contributed by atoms with van der Waals surface area (Å²) in [5.74, 6) is -1.98. The fourth-order valence-corrected chi connectivity index (χ4v) is 4.49. The van der Waals surface area contributed by atoms with Gasteiger partial charge in [0.25, 0.3) is 0 Å². The number of fused-ring (bicyclic) bond motifs is 1. The first-order valence-electron chi connectivity index (χ1n) is 9.69. The molecule has 0 unspecified atom stereocenters.